The molecule has 184 valence electrons. The van der Waals surface area contributed by atoms with Gasteiger partial charge in [0.2, 0.25) is 17.7 Å². The number of amides is 3. The first-order valence-corrected chi connectivity index (χ1v) is 11.0. The van der Waals surface area contributed by atoms with Crippen molar-refractivity contribution in [2.24, 2.45) is 5.73 Å². The largest absolute Gasteiger partial charge is 0.480 e. The number of aromatic nitrogens is 2. The third kappa shape index (κ3) is 8.17. The molecule has 1 aromatic carbocycles. The van der Waals surface area contributed by atoms with Crippen molar-refractivity contribution in [3.05, 3.63) is 54.1 Å². The minimum atomic E-state index is -1.45. The van der Waals surface area contributed by atoms with Crippen molar-refractivity contribution in [1.82, 2.24) is 25.9 Å². The van der Waals surface area contributed by atoms with Crippen molar-refractivity contribution in [2.45, 2.75) is 37.0 Å². The third-order valence-corrected chi connectivity index (χ3v) is 5.22. The van der Waals surface area contributed by atoms with Crippen LogP contribution in [0.1, 0.15) is 11.3 Å². The smallest absolute Gasteiger partial charge is 0.327 e. The molecule has 0 spiro atoms. The first-order valence-electron chi connectivity index (χ1n) is 10.4. The summed E-state index contributed by atoms with van der Waals surface area (Å²) in [7, 11) is 0. The summed E-state index contributed by atoms with van der Waals surface area (Å²) in [4.78, 5) is 55.8. The van der Waals surface area contributed by atoms with Gasteiger partial charge in [0.15, 0.2) is 0 Å². The normalized spacial score (nSPS) is 14.3. The van der Waals surface area contributed by atoms with Gasteiger partial charge in [0.05, 0.1) is 19.0 Å². The molecule has 3 amide bonds. The molecule has 0 aliphatic carbocycles. The van der Waals surface area contributed by atoms with Gasteiger partial charge in [0.1, 0.15) is 18.1 Å². The fourth-order valence-corrected chi connectivity index (χ4v) is 3.24. The number of benzene rings is 1. The van der Waals surface area contributed by atoms with E-state index < -0.39 is 54.5 Å². The lowest BCUT2D eigenvalue weighted by molar-refractivity contribution is -0.142. The molecule has 1 heterocycles. The standard InChI is InChI=1S/C21H28N6O6S/c22-14(6-12-4-2-1-3-5-12)18(29)25-15(7-13-8-23-11-24-13)19(30)26-16(9-28)20(31)27-17(10-34)21(32)33/h1-5,8,11,14-17,28,34H,6-7,9-10,22H2,(H,23,24)(H,25,29)(H,26,30)(H,27,31)(H,32,33). The molecular weight excluding hydrogens is 464 g/mol. The molecule has 1 aromatic heterocycles. The number of rotatable bonds is 13. The van der Waals surface area contributed by atoms with Crippen LogP contribution < -0.4 is 21.7 Å². The molecule has 2 rings (SSSR count). The Morgan fingerprint density at radius 1 is 0.971 bits per heavy atom. The fourth-order valence-electron chi connectivity index (χ4n) is 2.99. The van der Waals surface area contributed by atoms with E-state index in [0.717, 1.165) is 5.56 Å². The van der Waals surface area contributed by atoms with Gasteiger partial charge >= 0.3 is 5.97 Å². The van der Waals surface area contributed by atoms with E-state index in [9.17, 15) is 24.3 Å². The van der Waals surface area contributed by atoms with E-state index in [-0.39, 0.29) is 18.6 Å². The zero-order chi connectivity index (χ0) is 25.1. The van der Waals surface area contributed by atoms with Gasteiger partial charge in [0, 0.05) is 24.1 Å². The molecule has 2 aromatic rings. The Bertz CT molecular complexity index is 958. The second kappa shape index (κ2) is 13.3. The molecular formula is C21H28N6O6S. The predicted octanol–water partition coefficient (Wildman–Crippen LogP) is -2.02. The number of nitrogens with two attached hydrogens (primary N) is 1. The molecule has 8 N–H and O–H groups in total. The highest BCUT2D eigenvalue weighted by molar-refractivity contribution is 7.80. The summed E-state index contributed by atoms with van der Waals surface area (Å²) in [5.74, 6) is -3.78. The molecule has 0 aliphatic rings. The number of hydrogen-bond donors (Lipinski definition) is 8. The van der Waals surface area contributed by atoms with Crippen LogP contribution in [0.4, 0.5) is 0 Å². The predicted molar refractivity (Wildman–Crippen MR) is 125 cm³/mol. The maximum absolute atomic E-state index is 12.9. The van der Waals surface area contributed by atoms with Crippen LogP contribution in [-0.4, -0.2) is 80.4 Å². The van der Waals surface area contributed by atoms with Gasteiger partial charge in [-0.25, -0.2) is 9.78 Å². The van der Waals surface area contributed by atoms with Crippen molar-refractivity contribution >= 4 is 36.3 Å². The number of imidazole rings is 1. The van der Waals surface area contributed by atoms with E-state index in [2.05, 4.69) is 38.5 Å². The Hall–Kier alpha value is -3.42. The molecule has 0 saturated heterocycles. The molecule has 12 nitrogen and oxygen atoms in total. The minimum Gasteiger partial charge on any atom is -0.480 e. The number of nitrogens with one attached hydrogen (secondary N) is 4. The lowest BCUT2D eigenvalue weighted by Crippen LogP contribution is -2.58. The van der Waals surface area contributed by atoms with Crippen LogP contribution in [0.5, 0.6) is 0 Å². The second-order valence-corrected chi connectivity index (χ2v) is 7.83. The van der Waals surface area contributed by atoms with Gasteiger partial charge in [-0.2, -0.15) is 12.6 Å². The van der Waals surface area contributed by atoms with Crippen molar-refractivity contribution < 1.29 is 29.4 Å². The van der Waals surface area contributed by atoms with Gasteiger partial charge in [-0.3, -0.25) is 14.4 Å². The maximum atomic E-state index is 12.9. The maximum Gasteiger partial charge on any atom is 0.327 e. The third-order valence-electron chi connectivity index (χ3n) is 4.86. The van der Waals surface area contributed by atoms with Gasteiger partial charge < -0.3 is 36.9 Å². The molecule has 0 saturated carbocycles. The summed E-state index contributed by atoms with van der Waals surface area (Å²) >= 11 is 3.86. The van der Waals surface area contributed by atoms with E-state index in [1.807, 2.05) is 30.3 Å². The highest BCUT2D eigenvalue weighted by Gasteiger charge is 2.30. The van der Waals surface area contributed by atoms with E-state index in [1.54, 1.807) is 0 Å². The van der Waals surface area contributed by atoms with Crippen LogP contribution in [0.2, 0.25) is 0 Å². The monoisotopic (exact) mass is 492 g/mol. The van der Waals surface area contributed by atoms with Gasteiger partial charge in [-0.05, 0) is 12.0 Å². The molecule has 0 fully saturated rings. The molecule has 34 heavy (non-hydrogen) atoms. The lowest BCUT2D eigenvalue weighted by Gasteiger charge is -2.24. The zero-order valence-corrected chi connectivity index (χ0v) is 19.1. The quantitative estimate of drug-likeness (QED) is 0.146. The number of carboxylic acids is 1. The van der Waals surface area contributed by atoms with Crippen LogP contribution in [0, 0.1) is 0 Å². The number of aliphatic hydroxyl groups is 1. The number of carbonyl (C=O) groups excluding carboxylic acids is 3. The highest BCUT2D eigenvalue weighted by Crippen LogP contribution is 2.04. The Labute approximate surface area is 201 Å². The van der Waals surface area contributed by atoms with Gasteiger partial charge in [-0.1, -0.05) is 30.3 Å². The van der Waals surface area contributed by atoms with Crippen LogP contribution in [0.15, 0.2) is 42.9 Å². The minimum absolute atomic E-state index is 0.00376. The molecule has 4 atom stereocenters. The number of carboxylic acid groups (broad SMARTS) is 1. The van der Waals surface area contributed by atoms with Gasteiger partial charge in [0.25, 0.3) is 0 Å². The summed E-state index contributed by atoms with van der Waals surface area (Å²) in [6.07, 6.45) is 3.12. The number of aliphatic hydroxyl groups excluding tert-OH is 1. The van der Waals surface area contributed by atoms with Crippen LogP contribution in [0.3, 0.4) is 0 Å². The van der Waals surface area contributed by atoms with Crippen molar-refractivity contribution in [3.8, 4) is 0 Å². The van der Waals surface area contributed by atoms with Crippen molar-refractivity contribution in [3.63, 3.8) is 0 Å². The summed E-state index contributed by atoms with van der Waals surface area (Å²) in [5.41, 5.74) is 7.39. The van der Waals surface area contributed by atoms with E-state index in [0.29, 0.717) is 5.69 Å². The fraction of sp³-hybridized carbons (Fsp3) is 0.381. The van der Waals surface area contributed by atoms with E-state index in [4.69, 9.17) is 10.8 Å². The number of nitrogens with zero attached hydrogens (tertiary/aromatic N) is 1. The van der Waals surface area contributed by atoms with Gasteiger partial charge in [-0.15, -0.1) is 0 Å². The number of aliphatic carboxylic acids is 1. The number of aromatic amines is 1. The molecule has 13 heteroatoms. The first kappa shape index (κ1) is 26.8. The summed E-state index contributed by atoms with van der Waals surface area (Å²) in [6.45, 7) is -0.797. The number of hydrogen-bond acceptors (Lipinski definition) is 8. The average molecular weight is 493 g/mol. The van der Waals surface area contributed by atoms with Crippen LogP contribution >= 0.6 is 12.6 Å². The summed E-state index contributed by atoms with van der Waals surface area (Å²) in [6, 6.07) is 4.26. The summed E-state index contributed by atoms with van der Waals surface area (Å²) in [5, 5.41) is 25.7. The topological polar surface area (TPSA) is 200 Å². The molecule has 4 unspecified atom stereocenters. The van der Waals surface area contributed by atoms with E-state index in [1.165, 1.54) is 12.5 Å². The zero-order valence-electron chi connectivity index (χ0n) is 18.2. The highest BCUT2D eigenvalue weighted by atomic mass is 32.1. The van der Waals surface area contributed by atoms with E-state index >= 15 is 0 Å². The Balaban J connectivity index is 2.09. The van der Waals surface area contributed by atoms with Crippen molar-refractivity contribution in [1.29, 1.82) is 0 Å². The SMILES string of the molecule is NC(Cc1ccccc1)C(=O)NC(Cc1cnc[nH]1)C(=O)NC(CO)C(=O)NC(CS)C(=O)O. The van der Waals surface area contributed by atoms with Crippen molar-refractivity contribution in [2.75, 3.05) is 12.4 Å². The molecule has 0 bridgehead atoms. The molecule has 0 aliphatic heterocycles. The Kier molecular flexibility index (Phi) is 10.5. The Morgan fingerprint density at radius 2 is 1.59 bits per heavy atom. The first-order chi connectivity index (χ1) is 16.2. The Morgan fingerprint density at radius 3 is 2.15 bits per heavy atom. The van der Waals surface area contributed by atoms with Crippen LogP contribution in [-0.2, 0) is 32.0 Å². The number of carbonyl (C=O) groups is 4. The second-order valence-electron chi connectivity index (χ2n) is 7.46. The number of thiol groups is 1. The number of H-pyrrole nitrogens is 1. The lowest BCUT2D eigenvalue weighted by atomic mass is 10.0. The molecule has 0 radical (unpaired) electrons. The van der Waals surface area contributed by atoms with Crippen LogP contribution in [0.25, 0.3) is 0 Å². The average Bonchev–Trinajstić information content (AvgIpc) is 3.33. The summed E-state index contributed by atoms with van der Waals surface area (Å²) < 4.78 is 0.